The molecule has 1 amide bonds. The van der Waals surface area contributed by atoms with Gasteiger partial charge >= 0.3 is 6.09 Å². The van der Waals surface area contributed by atoms with Gasteiger partial charge in [0.25, 0.3) is 0 Å². The maximum absolute atomic E-state index is 13.6. The summed E-state index contributed by atoms with van der Waals surface area (Å²) < 4.78 is 18.8. The zero-order valence-electron chi connectivity index (χ0n) is 10.4. The summed E-state index contributed by atoms with van der Waals surface area (Å²) in [6.45, 7) is 12.3. The largest absolute Gasteiger partial charge is 0.444 e. The first-order valence-corrected chi connectivity index (χ1v) is 5.51. The van der Waals surface area contributed by atoms with Crippen LogP contribution in [0.25, 0.3) is 4.85 Å². The van der Waals surface area contributed by atoms with E-state index in [4.69, 9.17) is 11.3 Å². The first-order valence-electron chi connectivity index (χ1n) is 5.51. The van der Waals surface area contributed by atoms with Crippen molar-refractivity contribution in [1.82, 2.24) is 4.90 Å². The molecule has 1 heterocycles. The minimum absolute atomic E-state index is 0.0315. The highest BCUT2D eigenvalue weighted by Crippen LogP contribution is 2.21. The van der Waals surface area contributed by atoms with Gasteiger partial charge in [-0.1, -0.05) is 0 Å². The van der Waals surface area contributed by atoms with Gasteiger partial charge in [0.2, 0.25) is 0 Å². The zero-order chi connectivity index (χ0) is 13.1. The van der Waals surface area contributed by atoms with E-state index in [1.165, 1.54) is 11.1 Å². The third-order valence-corrected chi connectivity index (χ3v) is 2.34. The molecule has 1 saturated heterocycles. The average molecular weight is 240 g/mol. The van der Waals surface area contributed by atoms with Crippen LogP contribution in [0.1, 0.15) is 27.2 Å². The Labute approximate surface area is 101 Å². The lowest BCUT2D eigenvalue weighted by Gasteiger charge is -2.32. The van der Waals surface area contributed by atoms with Gasteiger partial charge in [-0.15, -0.1) is 0 Å². The maximum Gasteiger partial charge on any atom is 0.410 e. The van der Waals surface area contributed by atoms with E-state index >= 15 is 0 Å². The van der Waals surface area contributed by atoms with Crippen molar-refractivity contribution >= 4 is 6.09 Å². The Morgan fingerprint density at radius 1 is 1.65 bits per heavy atom. The Morgan fingerprint density at radius 2 is 2.29 bits per heavy atom. The standard InChI is InChI=1S/C12H17FN2O2/c1-12(2,3)17-11(16)15-6-5-9(7-14-4)10(13)8-15/h7,10H,5-6,8H2,1-3H3/b9-7+. The Bertz CT molecular complexity index is 366. The highest BCUT2D eigenvalue weighted by atomic mass is 19.1. The van der Waals surface area contributed by atoms with E-state index in [2.05, 4.69) is 4.85 Å². The molecule has 1 unspecified atom stereocenters. The number of halogens is 1. The summed E-state index contributed by atoms with van der Waals surface area (Å²) in [6, 6.07) is 0. The van der Waals surface area contributed by atoms with Crippen LogP contribution in [-0.2, 0) is 4.74 Å². The van der Waals surface area contributed by atoms with Gasteiger partial charge in [0, 0.05) is 6.54 Å². The number of ether oxygens (including phenoxy) is 1. The van der Waals surface area contributed by atoms with Crippen LogP contribution in [0.2, 0.25) is 0 Å². The Morgan fingerprint density at radius 3 is 2.76 bits per heavy atom. The van der Waals surface area contributed by atoms with Crippen molar-refractivity contribution in [3.63, 3.8) is 0 Å². The fourth-order valence-corrected chi connectivity index (χ4v) is 1.54. The molecule has 0 aromatic rings. The van der Waals surface area contributed by atoms with Crippen molar-refractivity contribution in [3.8, 4) is 0 Å². The number of carbonyl (C=O) groups excluding carboxylic acids is 1. The first kappa shape index (κ1) is 13.5. The summed E-state index contributed by atoms with van der Waals surface area (Å²) in [5, 5.41) is 0. The molecule has 17 heavy (non-hydrogen) atoms. The molecule has 0 spiro atoms. The SMILES string of the molecule is [C-]#[N+]/C=C1\CCN(C(=O)OC(C)(C)C)CC1F. The van der Waals surface area contributed by atoms with Gasteiger partial charge in [-0.2, -0.15) is 0 Å². The summed E-state index contributed by atoms with van der Waals surface area (Å²) in [6.07, 6.45) is -0.160. The topological polar surface area (TPSA) is 33.9 Å². The Hall–Kier alpha value is -1.57. The summed E-state index contributed by atoms with van der Waals surface area (Å²) in [7, 11) is 0. The molecule has 0 N–H and O–H groups in total. The van der Waals surface area contributed by atoms with E-state index in [0.717, 1.165) is 0 Å². The predicted octanol–water partition coefficient (Wildman–Crippen LogP) is 2.77. The number of likely N-dealkylation sites (tertiary alicyclic amines) is 1. The Balaban J connectivity index is 2.59. The van der Waals surface area contributed by atoms with Crippen LogP contribution in [0, 0.1) is 6.57 Å². The van der Waals surface area contributed by atoms with E-state index < -0.39 is 17.9 Å². The van der Waals surface area contributed by atoms with Crippen molar-refractivity contribution in [1.29, 1.82) is 0 Å². The minimum atomic E-state index is -1.26. The summed E-state index contributed by atoms with van der Waals surface area (Å²) >= 11 is 0. The van der Waals surface area contributed by atoms with Crippen molar-refractivity contribution in [3.05, 3.63) is 23.2 Å². The molecular formula is C12H17FN2O2. The molecule has 0 bridgehead atoms. The number of rotatable bonds is 0. The van der Waals surface area contributed by atoms with Gasteiger partial charge in [0.15, 0.2) is 6.20 Å². The second kappa shape index (κ2) is 5.17. The quantitative estimate of drug-likeness (QED) is 0.610. The number of amides is 1. The Kier molecular flexibility index (Phi) is 4.11. The monoisotopic (exact) mass is 240 g/mol. The molecule has 4 nitrogen and oxygen atoms in total. The number of piperidine rings is 1. The molecule has 1 fully saturated rings. The molecule has 1 aliphatic heterocycles. The average Bonchev–Trinajstić information content (AvgIpc) is 2.18. The second-order valence-electron chi connectivity index (χ2n) is 4.98. The molecule has 0 aromatic carbocycles. The van der Waals surface area contributed by atoms with Gasteiger partial charge in [0.05, 0.1) is 13.1 Å². The third kappa shape index (κ3) is 4.06. The van der Waals surface area contributed by atoms with E-state index in [0.29, 0.717) is 18.5 Å². The lowest BCUT2D eigenvalue weighted by atomic mass is 10.0. The molecule has 1 atom stereocenters. The van der Waals surface area contributed by atoms with E-state index in [1.54, 1.807) is 20.8 Å². The molecule has 0 saturated carbocycles. The summed E-state index contributed by atoms with van der Waals surface area (Å²) in [5.74, 6) is 0. The molecule has 5 heteroatoms. The highest BCUT2D eigenvalue weighted by Gasteiger charge is 2.29. The number of hydrogen-bond donors (Lipinski definition) is 0. The van der Waals surface area contributed by atoms with Crippen molar-refractivity contribution < 1.29 is 13.9 Å². The van der Waals surface area contributed by atoms with Gasteiger partial charge in [0.1, 0.15) is 11.8 Å². The first-order chi connectivity index (χ1) is 7.83. The van der Waals surface area contributed by atoms with Crippen LogP contribution in [0.3, 0.4) is 0 Å². The predicted molar refractivity (Wildman–Crippen MR) is 62.0 cm³/mol. The van der Waals surface area contributed by atoms with Crippen molar-refractivity contribution in [2.24, 2.45) is 0 Å². The van der Waals surface area contributed by atoms with Crippen molar-refractivity contribution in [2.45, 2.75) is 39.0 Å². The minimum Gasteiger partial charge on any atom is -0.444 e. The molecular weight excluding hydrogens is 223 g/mol. The van der Waals surface area contributed by atoms with Crippen LogP contribution in [0.5, 0.6) is 0 Å². The van der Waals surface area contributed by atoms with Gasteiger partial charge in [-0.3, -0.25) is 0 Å². The van der Waals surface area contributed by atoms with Gasteiger partial charge in [-0.25, -0.2) is 14.0 Å². The lowest BCUT2D eigenvalue weighted by molar-refractivity contribution is 0.0185. The van der Waals surface area contributed by atoms with Gasteiger partial charge in [-0.05, 0) is 32.8 Å². The number of nitrogens with zero attached hydrogens (tertiary/aromatic N) is 2. The van der Waals surface area contributed by atoms with Gasteiger partial charge < -0.3 is 9.64 Å². The fraction of sp³-hybridized carbons (Fsp3) is 0.667. The smallest absolute Gasteiger partial charge is 0.410 e. The van der Waals surface area contributed by atoms with E-state index in [-0.39, 0.29) is 6.54 Å². The van der Waals surface area contributed by atoms with Crippen LogP contribution in [0.15, 0.2) is 11.8 Å². The normalized spacial score (nSPS) is 23.4. The summed E-state index contributed by atoms with van der Waals surface area (Å²) in [4.78, 5) is 16.1. The van der Waals surface area contributed by atoms with Crippen LogP contribution in [0.4, 0.5) is 9.18 Å². The molecule has 1 aliphatic rings. The number of alkyl halides is 1. The van der Waals surface area contributed by atoms with Crippen LogP contribution < -0.4 is 0 Å². The zero-order valence-corrected chi connectivity index (χ0v) is 10.4. The molecule has 94 valence electrons. The highest BCUT2D eigenvalue weighted by molar-refractivity contribution is 5.68. The van der Waals surface area contributed by atoms with Crippen molar-refractivity contribution in [2.75, 3.05) is 13.1 Å². The van der Waals surface area contributed by atoms with Crippen LogP contribution >= 0.6 is 0 Å². The van der Waals surface area contributed by atoms with E-state index in [1.807, 2.05) is 0 Å². The second-order valence-corrected chi connectivity index (χ2v) is 4.98. The fourth-order valence-electron chi connectivity index (χ4n) is 1.54. The third-order valence-electron chi connectivity index (χ3n) is 2.34. The van der Waals surface area contributed by atoms with Crippen LogP contribution in [-0.4, -0.2) is 35.9 Å². The number of hydrogen-bond acceptors (Lipinski definition) is 2. The summed E-state index contributed by atoms with van der Waals surface area (Å²) in [5.41, 5.74) is -0.116. The number of carbonyl (C=O) groups is 1. The lowest BCUT2D eigenvalue weighted by Crippen LogP contribution is -2.44. The molecule has 0 aromatic heterocycles. The maximum atomic E-state index is 13.6. The molecule has 0 radical (unpaired) electrons. The van der Waals surface area contributed by atoms with E-state index in [9.17, 15) is 9.18 Å². The molecule has 1 rings (SSSR count). The molecule has 0 aliphatic carbocycles.